The van der Waals surface area contributed by atoms with Gasteiger partial charge in [0, 0.05) is 23.9 Å². The number of ether oxygens (including phenoxy) is 2. The van der Waals surface area contributed by atoms with E-state index >= 15 is 0 Å². The van der Waals surface area contributed by atoms with E-state index in [1.807, 2.05) is 19.9 Å². The lowest BCUT2D eigenvalue weighted by atomic mass is 10.2. The molecule has 0 aliphatic heterocycles. The Balaban J connectivity index is 2.12. The van der Waals surface area contributed by atoms with Gasteiger partial charge in [-0.15, -0.1) is 0 Å². The van der Waals surface area contributed by atoms with Gasteiger partial charge in [-0.25, -0.2) is 0 Å². The van der Waals surface area contributed by atoms with Crippen LogP contribution < -0.4 is 15.4 Å². The summed E-state index contributed by atoms with van der Waals surface area (Å²) in [7, 11) is 0. The molecule has 0 saturated carbocycles. The average Bonchev–Trinajstić information content (AvgIpc) is 2.63. The minimum Gasteiger partial charge on any atom is -0.492 e. The lowest BCUT2D eigenvalue weighted by Gasteiger charge is -2.14. The van der Waals surface area contributed by atoms with Crippen LogP contribution in [0, 0.1) is 0 Å². The summed E-state index contributed by atoms with van der Waals surface area (Å²) in [6.45, 7) is 4.58. The van der Waals surface area contributed by atoms with Crippen molar-refractivity contribution in [2.45, 2.75) is 13.8 Å². The summed E-state index contributed by atoms with van der Waals surface area (Å²) in [4.78, 5) is 24.0. The molecule has 0 bridgehead atoms. The summed E-state index contributed by atoms with van der Waals surface area (Å²) in [6, 6.07) is 14.0. The second-order valence-corrected chi connectivity index (χ2v) is 5.15. The Morgan fingerprint density at radius 3 is 2.40 bits per heavy atom. The Labute approximate surface area is 147 Å². The molecule has 0 fully saturated rings. The summed E-state index contributed by atoms with van der Waals surface area (Å²) >= 11 is 0. The molecule has 0 atom stereocenters. The maximum Gasteiger partial charge on any atom is 0.255 e. The molecule has 2 aromatic rings. The summed E-state index contributed by atoms with van der Waals surface area (Å²) in [6.07, 6.45) is 0. The predicted molar refractivity (Wildman–Crippen MR) is 97.1 cm³/mol. The number of anilines is 2. The highest BCUT2D eigenvalue weighted by atomic mass is 16.5. The van der Waals surface area contributed by atoms with E-state index in [1.165, 1.54) is 0 Å². The van der Waals surface area contributed by atoms with Crippen molar-refractivity contribution in [1.29, 1.82) is 0 Å². The molecule has 0 aromatic heterocycles. The van der Waals surface area contributed by atoms with Crippen LogP contribution in [0.4, 0.5) is 11.4 Å². The van der Waals surface area contributed by atoms with Crippen molar-refractivity contribution in [3.8, 4) is 5.75 Å². The predicted octanol–water partition coefficient (Wildman–Crippen LogP) is 3.31. The Hall–Kier alpha value is -2.86. The number of rotatable bonds is 8. The minimum absolute atomic E-state index is 0.00698. The van der Waals surface area contributed by atoms with Crippen molar-refractivity contribution < 1.29 is 19.1 Å². The highest BCUT2D eigenvalue weighted by Gasteiger charge is 2.11. The van der Waals surface area contributed by atoms with Gasteiger partial charge in [0.25, 0.3) is 5.91 Å². The zero-order valence-electron chi connectivity index (χ0n) is 14.4. The van der Waals surface area contributed by atoms with Crippen LogP contribution in [0.25, 0.3) is 0 Å². The van der Waals surface area contributed by atoms with Crippen LogP contribution in [-0.4, -0.2) is 31.6 Å². The average molecular weight is 342 g/mol. The number of benzene rings is 2. The van der Waals surface area contributed by atoms with Crippen molar-refractivity contribution in [1.82, 2.24) is 0 Å². The molecule has 0 unspecified atom stereocenters. The van der Waals surface area contributed by atoms with Gasteiger partial charge in [0.15, 0.2) is 0 Å². The van der Waals surface area contributed by atoms with Gasteiger partial charge in [-0.1, -0.05) is 18.2 Å². The molecular formula is C19H22N2O4. The Morgan fingerprint density at radius 2 is 1.72 bits per heavy atom. The summed E-state index contributed by atoms with van der Waals surface area (Å²) < 4.78 is 10.7. The van der Waals surface area contributed by atoms with Gasteiger partial charge < -0.3 is 20.1 Å². The molecular weight excluding hydrogens is 320 g/mol. The number of amides is 2. The summed E-state index contributed by atoms with van der Waals surface area (Å²) in [5.41, 5.74) is 1.67. The lowest BCUT2D eigenvalue weighted by molar-refractivity contribution is -0.120. The molecule has 0 aliphatic carbocycles. The monoisotopic (exact) mass is 342 g/mol. The van der Waals surface area contributed by atoms with Crippen molar-refractivity contribution in [2.75, 3.05) is 30.5 Å². The molecule has 0 aliphatic rings. The van der Waals surface area contributed by atoms with Crippen LogP contribution in [-0.2, 0) is 9.53 Å². The van der Waals surface area contributed by atoms with Crippen molar-refractivity contribution in [2.24, 2.45) is 0 Å². The van der Waals surface area contributed by atoms with Gasteiger partial charge in [0.2, 0.25) is 5.91 Å². The second kappa shape index (κ2) is 9.44. The quantitative estimate of drug-likeness (QED) is 0.771. The Kier molecular flexibility index (Phi) is 6.98. The maximum atomic E-state index is 12.3. The van der Waals surface area contributed by atoms with Crippen LogP contribution >= 0.6 is 0 Å². The third-order valence-corrected chi connectivity index (χ3v) is 3.29. The van der Waals surface area contributed by atoms with Crippen LogP contribution in [0.2, 0.25) is 0 Å². The third kappa shape index (κ3) is 5.61. The molecule has 0 saturated heterocycles. The summed E-state index contributed by atoms with van der Waals surface area (Å²) in [5, 5.41) is 5.56. The van der Waals surface area contributed by atoms with Crippen LogP contribution in [0.1, 0.15) is 24.2 Å². The molecule has 2 rings (SSSR count). The standard InChI is InChI=1S/C19H22N2O4/c1-3-24-13-18(22)20-15-10-11-16(17(12-15)25-4-2)21-19(23)14-8-6-5-7-9-14/h5-12H,3-4,13H2,1-2H3,(H,20,22)(H,21,23). The van der Waals surface area contributed by atoms with Gasteiger partial charge in [-0.05, 0) is 38.1 Å². The van der Waals surface area contributed by atoms with Gasteiger partial charge in [-0.3, -0.25) is 9.59 Å². The Morgan fingerprint density at radius 1 is 0.960 bits per heavy atom. The SMILES string of the molecule is CCOCC(=O)Nc1ccc(NC(=O)c2ccccc2)c(OCC)c1. The fourth-order valence-corrected chi connectivity index (χ4v) is 2.15. The first-order chi connectivity index (χ1) is 12.1. The third-order valence-electron chi connectivity index (χ3n) is 3.29. The smallest absolute Gasteiger partial charge is 0.255 e. The van der Waals surface area contributed by atoms with E-state index in [0.29, 0.717) is 35.9 Å². The molecule has 0 radical (unpaired) electrons. The number of nitrogens with one attached hydrogen (secondary N) is 2. The molecule has 6 heteroatoms. The molecule has 2 amide bonds. The fraction of sp³-hybridized carbons (Fsp3) is 0.263. The van der Waals surface area contributed by atoms with Gasteiger partial charge in [0.1, 0.15) is 12.4 Å². The van der Waals surface area contributed by atoms with Crippen LogP contribution in [0.5, 0.6) is 5.75 Å². The van der Waals surface area contributed by atoms with E-state index in [1.54, 1.807) is 42.5 Å². The topological polar surface area (TPSA) is 76.7 Å². The highest BCUT2D eigenvalue weighted by Crippen LogP contribution is 2.29. The lowest BCUT2D eigenvalue weighted by Crippen LogP contribution is -2.18. The number of hydrogen-bond acceptors (Lipinski definition) is 4. The molecule has 0 spiro atoms. The number of carbonyl (C=O) groups is 2. The molecule has 0 heterocycles. The van der Waals surface area contributed by atoms with E-state index in [9.17, 15) is 9.59 Å². The molecule has 2 aromatic carbocycles. The second-order valence-electron chi connectivity index (χ2n) is 5.15. The first-order valence-corrected chi connectivity index (χ1v) is 8.14. The summed E-state index contributed by atoms with van der Waals surface area (Å²) in [5.74, 6) is 0.0149. The fourth-order valence-electron chi connectivity index (χ4n) is 2.15. The molecule has 132 valence electrons. The molecule has 6 nitrogen and oxygen atoms in total. The maximum absolute atomic E-state index is 12.3. The van der Waals surface area contributed by atoms with Gasteiger partial charge in [0.05, 0.1) is 12.3 Å². The van der Waals surface area contributed by atoms with Crippen molar-refractivity contribution in [3.63, 3.8) is 0 Å². The zero-order valence-corrected chi connectivity index (χ0v) is 14.4. The van der Waals surface area contributed by atoms with E-state index in [-0.39, 0.29) is 18.4 Å². The van der Waals surface area contributed by atoms with Gasteiger partial charge in [-0.2, -0.15) is 0 Å². The van der Waals surface area contributed by atoms with Crippen LogP contribution in [0.3, 0.4) is 0 Å². The largest absolute Gasteiger partial charge is 0.492 e. The van der Waals surface area contributed by atoms with Gasteiger partial charge >= 0.3 is 0 Å². The Bertz CT molecular complexity index is 717. The van der Waals surface area contributed by atoms with E-state index in [4.69, 9.17) is 9.47 Å². The highest BCUT2D eigenvalue weighted by molar-refractivity contribution is 6.05. The minimum atomic E-state index is -0.245. The number of carbonyl (C=O) groups excluding carboxylic acids is 2. The first kappa shape index (κ1) is 18.5. The van der Waals surface area contributed by atoms with Crippen molar-refractivity contribution >= 4 is 23.2 Å². The molecule has 2 N–H and O–H groups in total. The normalized spacial score (nSPS) is 10.2. The van der Waals surface area contributed by atoms with Crippen molar-refractivity contribution in [3.05, 3.63) is 54.1 Å². The van der Waals surface area contributed by atoms with Crippen LogP contribution in [0.15, 0.2) is 48.5 Å². The first-order valence-electron chi connectivity index (χ1n) is 8.14. The zero-order chi connectivity index (χ0) is 18.1. The van der Waals surface area contributed by atoms with E-state index in [0.717, 1.165) is 0 Å². The number of hydrogen-bond donors (Lipinski definition) is 2. The van der Waals surface area contributed by atoms with E-state index in [2.05, 4.69) is 10.6 Å². The van der Waals surface area contributed by atoms with E-state index < -0.39 is 0 Å². The molecule has 25 heavy (non-hydrogen) atoms.